The van der Waals surface area contributed by atoms with Crippen LogP contribution in [0.25, 0.3) is 0 Å². The minimum Gasteiger partial charge on any atom is -0.509 e. The van der Waals surface area contributed by atoms with Crippen molar-refractivity contribution in [3.05, 3.63) is 69.0 Å². The van der Waals surface area contributed by atoms with E-state index >= 15 is 0 Å². The monoisotopic (exact) mass is 520 g/mol. The predicted molar refractivity (Wildman–Crippen MR) is 121 cm³/mol. The summed E-state index contributed by atoms with van der Waals surface area (Å²) >= 11 is 3.34. The van der Waals surface area contributed by atoms with E-state index in [4.69, 9.17) is 0 Å². The van der Waals surface area contributed by atoms with Gasteiger partial charge in [-0.05, 0) is 53.9 Å². The van der Waals surface area contributed by atoms with E-state index in [-0.39, 0.29) is 23.7 Å². The summed E-state index contributed by atoms with van der Waals surface area (Å²) in [6, 6.07) is 7.01. The molecule has 2 amide bonds. The number of carbonyl (C=O) groups is 2. The van der Waals surface area contributed by atoms with Crippen LogP contribution in [0.2, 0.25) is 0 Å². The highest BCUT2D eigenvalue weighted by Crippen LogP contribution is 2.44. The molecule has 1 aromatic heterocycles. The predicted octanol–water partition coefficient (Wildman–Crippen LogP) is 4.38. The Kier molecular flexibility index (Phi) is 6.24. The van der Waals surface area contributed by atoms with Crippen LogP contribution in [-0.4, -0.2) is 44.5 Å². The topological polar surface area (TPSA) is 85.8 Å². The summed E-state index contributed by atoms with van der Waals surface area (Å²) < 4.78 is 28.9. The molecule has 2 aromatic rings. The van der Waals surface area contributed by atoms with Gasteiger partial charge in [0.2, 0.25) is 0 Å². The number of pyridine rings is 1. The van der Waals surface area contributed by atoms with Crippen LogP contribution in [0, 0.1) is 18.6 Å². The van der Waals surface area contributed by atoms with Crippen molar-refractivity contribution in [3.8, 4) is 0 Å². The van der Waals surface area contributed by atoms with Gasteiger partial charge in [0.15, 0.2) is 11.6 Å². The Labute approximate surface area is 198 Å². The van der Waals surface area contributed by atoms with Gasteiger partial charge >= 0.3 is 0 Å². The minimum absolute atomic E-state index is 0.0327. The lowest BCUT2D eigenvalue weighted by molar-refractivity contribution is -0.162. The standard InChI is InChI=1S/C23H23BrF2N4O3/c1-13-15(24)8-9-17(27-13)28-21(32)18-20(31)23(10-3-4-11-23)29(2)30(22(18)33)12-14-6-5-7-16(25)19(14)26/h5-9,31H,3-4,10-12H2,1-2H3,(H,27,28,32). The van der Waals surface area contributed by atoms with Gasteiger partial charge in [0, 0.05) is 17.1 Å². The number of hydrogen-bond acceptors (Lipinski definition) is 5. The molecule has 33 heavy (non-hydrogen) atoms. The number of aliphatic hydroxyl groups is 1. The highest BCUT2D eigenvalue weighted by atomic mass is 79.9. The van der Waals surface area contributed by atoms with E-state index in [0.29, 0.717) is 18.5 Å². The van der Waals surface area contributed by atoms with E-state index in [2.05, 4.69) is 26.2 Å². The summed E-state index contributed by atoms with van der Waals surface area (Å²) in [5.74, 6) is -3.79. The first kappa shape index (κ1) is 23.3. The molecule has 1 saturated carbocycles. The van der Waals surface area contributed by atoms with E-state index in [1.54, 1.807) is 31.1 Å². The molecule has 0 atom stereocenters. The van der Waals surface area contributed by atoms with Crippen molar-refractivity contribution in [2.45, 2.75) is 44.7 Å². The molecule has 0 unspecified atom stereocenters. The molecule has 2 heterocycles. The fourth-order valence-electron chi connectivity index (χ4n) is 4.51. The van der Waals surface area contributed by atoms with Crippen LogP contribution in [0.5, 0.6) is 0 Å². The number of anilines is 1. The lowest BCUT2D eigenvalue weighted by Gasteiger charge is -2.48. The summed E-state index contributed by atoms with van der Waals surface area (Å²) in [5, 5.41) is 16.5. The molecule has 0 radical (unpaired) electrons. The fourth-order valence-corrected chi connectivity index (χ4v) is 4.73. The second kappa shape index (κ2) is 8.83. The van der Waals surface area contributed by atoms with Crippen LogP contribution in [0.1, 0.15) is 36.9 Å². The summed E-state index contributed by atoms with van der Waals surface area (Å²) in [6.07, 6.45) is 2.59. The lowest BCUT2D eigenvalue weighted by Crippen LogP contribution is -2.62. The van der Waals surface area contributed by atoms with Crippen LogP contribution in [-0.2, 0) is 16.1 Å². The number of hydrogen-bond donors (Lipinski definition) is 2. The molecule has 1 spiro atoms. The molecule has 1 aliphatic heterocycles. The Morgan fingerprint density at radius 3 is 2.61 bits per heavy atom. The van der Waals surface area contributed by atoms with Crippen molar-refractivity contribution in [1.29, 1.82) is 0 Å². The number of aryl methyl sites for hydroxylation is 1. The van der Waals surface area contributed by atoms with Gasteiger partial charge in [0.25, 0.3) is 11.8 Å². The number of hydrazine groups is 1. The van der Waals surface area contributed by atoms with E-state index in [1.807, 2.05) is 0 Å². The van der Waals surface area contributed by atoms with Gasteiger partial charge in [-0.15, -0.1) is 0 Å². The number of likely N-dealkylation sites (N-methyl/N-ethyl adjacent to an activating group) is 1. The van der Waals surface area contributed by atoms with Crippen molar-refractivity contribution in [3.63, 3.8) is 0 Å². The minimum atomic E-state index is -1.06. The third kappa shape index (κ3) is 4.02. The van der Waals surface area contributed by atoms with Crippen molar-refractivity contribution >= 4 is 33.6 Å². The molecule has 7 nitrogen and oxygen atoms in total. The molecule has 0 saturated heterocycles. The molecule has 1 fully saturated rings. The number of amides is 2. The SMILES string of the molecule is Cc1nc(NC(=O)C2=C(O)C3(CCCC3)N(C)N(Cc3cccc(F)c3F)C2=O)ccc1Br. The average molecular weight is 521 g/mol. The van der Waals surface area contributed by atoms with Crippen LogP contribution in [0.4, 0.5) is 14.6 Å². The van der Waals surface area contributed by atoms with Crippen molar-refractivity contribution in [2.24, 2.45) is 0 Å². The molecule has 4 rings (SSSR count). The Morgan fingerprint density at radius 2 is 1.94 bits per heavy atom. The number of nitrogens with zero attached hydrogens (tertiary/aromatic N) is 3. The summed E-state index contributed by atoms with van der Waals surface area (Å²) in [7, 11) is 1.62. The van der Waals surface area contributed by atoms with Gasteiger partial charge in [-0.1, -0.05) is 25.0 Å². The zero-order valence-electron chi connectivity index (χ0n) is 18.2. The number of halogens is 3. The van der Waals surface area contributed by atoms with Gasteiger partial charge in [-0.3, -0.25) is 14.6 Å². The van der Waals surface area contributed by atoms with Crippen LogP contribution in [0.3, 0.4) is 0 Å². The number of benzene rings is 1. The van der Waals surface area contributed by atoms with Crippen LogP contribution < -0.4 is 5.32 Å². The van der Waals surface area contributed by atoms with Gasteiger partial charge in [-0.25, -0.2) is 18.8 Å². The number of aliphatic hydroxyl groups excluding tert-OH is 1. The lowest BCUT2D eigenvalue weighted by atomic mass is 9.88. The molecular weight excluding hydrogens is 498 g/mol. The van der Waals surface area contributed by atoms with E-state index in [1.165, 1.54) is 17.1 Å². The average Bonchev–Trinajstić information content (AvgIpc) is 3.27. The maximum atomic E-state index is 14.4. The first-order valence-electron chi connectivity index (χ1n) is 10.5. The molecule has 1 aliphatic carbocycles. The summed E-state index contributed by atoms with van der Waals surface area (Å²) in [4.78, 5) is 30.8. The summed E-state index contributed by atoms with van der Waals surface area (Å²) in [5.41, 5.74) is -0.798. The normalized spacial score (nSPS) is 18.3. The largest absolute Gasteiger partial charge is 0.509 e. The van der Waals surface area contributed by atoms with Crippen molar-refractivity contribution < 1.29 is 23.5 Å². The Morgan fingerprint density at radius 1 is 1.24 bits per heavy atom. The highest BCUT2D eigenvalue weighted by molar-refractivity contribution is 9.10. The maximum Gasteiger partial charge on any atom is 0.277 e. The van der Waals surface area contributed by atoms with Gasteiger partial charge in [0.05, 0.1) is 17.8 Å². The fraction of sp³-hybridized carbons (Fsp3) is 0.348. The Balaban J connectivity index is 1.73. The van der Waals surface area contributed by atoms with Crippen molar-refractivity contribution in [2.75, 3.05) is 12.4 Å². The van der Waals surface area contributed by atoms with Gasteiger partial charge in [0.1, 0.15) is 17.2 Å². The highest BCUT2D eigenvalue weighted by Gasteiger charge is 2.52. The van der Waals surface area contributed by atoms with Gasteiger partial charge < -0.3 is 10.4 Å². The zero-order valence-corrected chi connectivity index (χ0v) is 19.7. The Hall–Kier alpha value is -2.85. The Bertz CT molecular complexity index is 1160. The maximum absolute atomic E-state index is 14.4. The molecule has 174 valence electrons. The zero-order chi connectivity index (χ0) is 23.9. The number of aromatic nitrogens is 1. The van der Waals surface area contributed by atoms with Gasteiger partial charge in [-0.2, -0.15) is 0 Å². The molecule has 1 aromatic carbocycles. The molecule has 0 bridgehead atoms. The summed E-state index contributed by atoms with van der Waals surface area (Å²) in [6.45, 7) is 1.46. The number of rotatable bonds is 4. The molecule has 10 heteroatoms. The third-order valence-corrected chi connectivity index (χ3v) is 7.22. The van der Waals surface area contributed by atoms with Crippen LogP contribution in [0.15, 0.2) is 46.1 Å². The number of nitrogens with one attached hydrogen (secondary N) is 1. The molecule has 2 aliphatic rings. The second-order valence-corrected chi connectivity index (χ2v) is 9.13. The molecular formula is C23H23BrF2N4O3. The van der Waals surface area contributed by atoms with Crippen molar-refractivity contribution in [1.82, 2.24) is 15.0 Å². The van der Waals surface area contributed by atoms with E-state index in [0.717, 1.165) is 23.4 Å². The van der Waals surface area contributed by atoms with Crippen LogP contribution >= 0.6 is 15.9 Å². The number of carbonyl (C=O) groups excluding carboxylic acids is 2. The second-order valence-electron chi connectivity index (χ2n) is 8.28. The van der Waals surface area contributed by atoms with E-state index < -0.39 is 34.6 Å². The first-order chi connectivity index (χ1) is 15.7. The third-order valence-electron chi connectivity index (χ3n) is 6.38. The quantitative estimate of drug-likeness (QED) is 0.584. The molecule has 2 N–H and O–H groups in total. The first-order valence-corrected chi connectivity index (χ1v) is 11.3. The van der Waals surface area contributed by atoms with E-state index in [9.17, 15) is 23.5 Å². The smallest absolute Gasteiger partial charge is 0.277 e.